The highest BCUT2D eigenvalue weighted by Gasteiger charge is 1.98. The largest absolute Gasteiger partial charge is 0.501 e. The van der Waals surface area contributed by atoms with Crippen LogP contribution >= 0.6 is 0 Å². The second-order valence-electron chi connectivity index (χ2n) is 1.51. The Balaban J connectivity index is 2.56. The lowest BCUT2D eigenvalue weighted by Crippen LogP contribution is -2.04. The van der Waals surface area contributed by atoms with Gasteiger partial charge in [-0.05, 0) is 6.08 Å². The van der Waals surface area contributed by atoms with Crippen LogP contribution in [0.15, 0.2) is 17.5 Å². The van der Waals surface area contributed by atoms with Gasteiger partial charge in [0, 0.05) is 6.42 Å². The fraction of sp³-hybridized carbons (Fsp3) is 0.400. The van der Waals surface area contributed by atoms with E-state index in [0.717, 1.165) is 0 Å². The van der Waals surface area contributed by atoms with Crippen LogP contribution < -0.4 is 0 Å². The minimum absolute atomic E-state index is 0.621. The summed E-state index contributed by atoms with van der Waals surface area (Å²) >= 11 is 0. The van der Waals surface area contributed by atoms with Crippen molar-refractivity contribution in [1.82, 2.24) is 0 Å². The van der Waals surface area contributed by atoms with Crippen molar-refractivity contribution in [3.63, 3.8) is 0 Å². The Bertz CT molecular complexity index is 128. The molecule has 0 aromatic heterocycles. The minimum atomic E-state index is 0.621. The molecule has 0 fully saturated rings. The van der Waals surface area contributed by atoms with Gasteiger partial charge in [0.25, 0.3) is 0 Å². The second kappa shape index (κ2) is 2.35. The second-order valence-corrected chi connectivity index (χ2v) is 1.51. The molecule has 0 unspecified atom stereocenters. The van der Waals surface area contributed by atoms with E-state index >= 15 is 0 Å². The Morgan fingerprint density at radius 2 is 2.62 bits per heavy atom. The Hall–Kier alpha value is -0.990. The molecule has 1 heterocycles. The third-order valence-corrected chi connectivity index (χ3v) is 0.961. The summed E-state index contributed by atoms with van der Waals surface area (Å²) in [6, 6.07) is 0. The van der Waals surface area contributed by atoms with E-state index in [1.54, 1.807) is 6.08 Å². The number of hydrogen-bond acceptors (Lipinski definition) is 3. The highest BCUT2D eigenvalue weighted by atomic mass is 16.5. The van der Waals surface area contributed by atoms with Crippen LogP contribution in [0.2, 0.25) is 0 Å². The molecular formula is C5H7NO2. The van der Waals surface area contributed by atoms with E-state index in [2.05, 4.69) is 5.16 Å². The van der Waals surface area contributed by atoms with Crippen molar-refractivity contribution in [2.75, 3.05) is 6.61 Å². The van der Waals surface area contributed by atoms with E-state index in [9.17, 15) is 0 Å². The zero-order valence-electron chi connectivity index (χ0n) is 4.37. The molecule has 1 aliphatic heterocycles. The average Bonchev–Trinajstić information content (AvgIpc) is 1.90. The van der Waals surface area contributed by atoms with E-state index in [0.29, 0.717) is 18.7 Å². The van der Waals surface area contributed by atoms with Gasteiger partial charge in [0.1, 0.15) is 0 Å². The summed E-state index contributed by atoms with van der Waals surface area (Å²) in [4.78, 5) is 0. The Morgan fingerprint density at radius 3 is 3.00 bits per heavy atom. The third kappa shape index (κ3) is 0.992. The van der Waals surface area contributed by atoms with Gasteiger partial charge >= 0.3 is 0 Å². The van der Waals surface area contributed by atoms with Gasteiger partial charge in [-0.2, -0.15) is 0 Å². The quantitative estimate of drug-likeness (QED) is 0.372. The lowest BCUT2D eigenvalue weighted by atomic mass is 10.2. The number of rotatable bonds is 0. The first-order valence-electron chi connectivity index (χ1n) is 2.42. The van der Waals surface area contributed by atoms with Gasteiger partial charge in [0.15, 0.2) is 0 Å². The molecule has 0 amide bonds. The van der Waals surface area contributed by atoms with Crippen LogP contribution in [0.1, 0.15) is 6.42 Å². The average molecular weight is 113 g/mol. The summed E-state index contributed by atoms with van der Waals surface area (Å²) in [5.74, 6) is 0. The van der Waals surface area contributed by atoms with Crippen LogP contribution in [0, 0.1) is 0 Å². The number of nitrogens with zero attached hydrogens (tertiary/aromatic N) is 1. The number of oxime groups is 1. The van der Waals surface area contributed by atoms with Crippen molar-refractivity contribution >= 4 is 5.71 Å². The Kier molecular flexibility index (Phi) is 1.51. The van der Waals surface area contributed by atoms with E-state index in [1.807, 2.05) is 0 Å². The van der Waals surface area contributed by atoms with Crippen molar-refractivity contribution in [3.05, 3.63) is 12.3 Å². The van der Waals surface area contributed by atoms with E-state index in [4.69, 9.17) is 9.94 Å². The van der Waals surface area contributed by atoms with Gasteiger partial charge in [-0.25, -0.2) is 0 Å². The summed E-state index contributed by atoms with van der Waals surface area (Å²) < 4.78 is 4.83. The van der Waals surface area contributed by atoms with Crippen molar-refractivity contribution < 1.29 is 9.94 Å². The van der Waals surface area contributed by atoms with Crippen molar-refractivity contribution in [2.45, 2.75) is 6.42 Å². The number of ether oxygens (including phenoxy) is 1. The maximum atomic E-state index is 8.17. The molecule has 0 radical (unpaired) electrons. The maximum Gasteiger partial charge on any atom is 0.0930 e. The Labute approximate surface area is 47.3 Å². The van der Waals surface area contributed by atoms with E-state index in [1.165, 1.54) is 6.26 Å². The molecule has 0 spiro atoms. The van der Waals surface area contributed by atoms with Crippen LogP contribution in [-0.2, 0) is 4.74 Å². The zero-order chi connectivity index (χ0) is 5.82. The summed E-state index contributed by atoms with van der Waals surface area (Å²) in [5.41, 5.74) is 0.677. The molecule has 0 atom stereocenters. The SMILES string of the molecule is O/N=C1/C=COCC1. The lowest BCUT2D eigenvalue weighted by Gasteiger charge is -2.04. The molecule has 3 heteroatoms. The first kappa shape index (κ1) is 5.15. The molecule has 0 aromatic rings. The van der Waals surface area contributed by atoms with Crippen LogP contribution in [0.25, 0.3) is 0 Å². The lowest BCUT2D eigenvalue weighted by molar-refractivity contribution is 0.249. The van der Waals surface area contributed by atoms with E-state index < -0.39 is 0 Å². The van der Waals surface area contributed by atoms with Crippen molar-refractivity contribution in [3.8, 4) is 0 Å². The Morgan fingerprint density at radius 1 is 1.75 bits per heavy atom. The van der Waals surface area contributed by atoms with Gasteiger partial charge in [-0.1, -0.05) is 5.16 Å². The molecule has 0 aromatic carbocycles. The monoisotopic (exact) mass is 113 g/mol. The van der Waals surface area contributed by atoms with Gasteiger partial charge in [0.05, 0.1) is 18.6 Å². The van der Waals surface area contributed by atoms with Gasteiger partial charge in [-0.15, -0.1) is 0 Å². The topological polar surface area (TPSA) is 41.8 Å². The molecule has 0 bridgehead atoms. The predicted octanol–water partition coefficient (Wildman–Crippen LogP) is 0.751. The maximum absolute atomic E-state index is 8.17. The summed E-state index contributed by atoms with van der Waals surface area (Å²) in [6.07, 6.45) is 3.87. The molecular weight excluding hydrogens is 106 g/mol. The highest BCUT2D eigenvalue weighted by molar-refractivity contribution is 5.94. The number of hydrogen-bond donors (Lipinski definition) is 1. The fourth-order valence-corrected chi connectivity index (χ4v) is 0.525. The molecule has 1 N–H and O–H groups in total. The van der Waals surface area contributed by atoms with Crippen LogP contribution in [0.5, 0.6) is 0 Å². The fourth-order valence-electron chi connectivity index (χ4n) is 0.525. The highest BCUT2D eigenvalue weighted by Crippen LogP contribution is 1.97. The zero-order valence-corrected chi connectivity index (χ0v) is 4.37. The minimum Gasteiger partial charge on any atom is -0.501 e. The number of allylic oxidation sites excluding steroid dienone is 1. The molecule has 1 aliphatic rings. The normalized spacial score (nSPS) is 23.2. The first-order chi connectivity index (χ1) is 3.93. The van der Waals surface area contributed by atoms with Crippen molar-refractivity contribution in [2.24, 2.45) is 5.16 Å². The van der Waals surface area contributed by atoms with Crippen molar-refractivity contribution in [1.29, 1.82) is 0 Å². The van der Waals surface area contributed by atoms with E-state index in [-0.39, 0.29) is 0 Å². The van der Waals surface area contributed by atoms with Gasteiger partial charge in [0.2, 0.25) is 0 Å². The molecule has 0 saturated heterocycles. The summed E-state index contributed by atoms with van der Waals surface area (Å²) in [6.45, 7) is 0.621. The summed E-state index contributed by atoms with van der Waals surface area (Å²) in [7, 11) is 0. The molecule has 0 saturated carbocycles. The molecule has 0 aliphatic carbocycles. The van der Waals surface area contributed by atoms with Gasteiger partial charge in [-0.3, -0.25) is 0 Å². The standard InChI is InChI=1S/C5H7NO2/c7-6-5-1-3-8-4-2-5/h1,3,7H,2,4H2/b6-5-. The molecule has 3 nitrogen and oxygen atoms in total. The first-order valence-corrected chi connectivity index (χ1v) is 2.42. The predicted molar refractivity (Wildman–Crippen MR) is 28.9 cm³/mol. The smallest absolute Gasteiger partial charge is 0.0930 e. The molecule has 1 rings (SSSR count). The molecule has 44 valence electrons. The summed E-state index contributed by atoms with van der Waals surface area (Å²) in [5, 5.41) is 11.2. The third-order valence-electron chi connectivity index (χ3n) is 0.961. The van der Waals surface area contributed by atoms with Crippen LogP contribution in [0.3, 0.4) is 0 Å². The van der Waals surface area contributed by atoms with Gasteiger partial charge < -0.3 is 9.94 Å². The molecule has 8 heavy (non-hydrogen) atoms. The van der Waals surface area contributed by atoms with Crippen LogP contribution in [0.4, 0.5) is 0 Å². The van der Waals surface area contributed by atoms with Crippen LogP contribution in [-0.4, -0.2) is 17.5 Å².